The van der Waals surface area contributed by atoms with E-state index in [0.717, 1.165) is 5.56 Å². The van der Waals surface area contributed by atoms with E-state index >= 15 is 0 Å². The molecule has 0 atom stereocenters. The molecule has 0 radical (unpaired) electrons. The van der Waals surface area contributed by atoms with Crippen molar-refractivity contribution in [2.24, 2.45) is 0 Å². The molecule has 3 rings (SSSR count). The number of methoxy groups -OCH3 is 1. The average Bonchev–Trinajstić information content (AvgIpc) is 2.71. The summed E-state index contributed by atoms with van der Waals surface area (Å²) >= 11 is 12.2. The van der Waals surface area contributed by atoms with E-state index in [4.69, 9.17) is 27.9 Å². The van der Waals surface area contributed by atoms with Crippen LogP contribution in [0.1, 0.15) is 15.9 Å². The molecular weight excluding hydrogens is 401 g/mol. The molecule has 28 heavy (non-hydrogen) atoms. The zero-order valence-electron chi connectivity index (χ0n) is 15.2. The Morgan fingerprint density at radius 2 is 1.86 bits per heavy atom. The quantitative estimate of drug-likeness (QED) is 0.687. The van der Waals surface area contributed by atoms with Crippen LogP contribution in [0.3, 0.4) is 0 Å². The summed E-state index contributed by atoms with van der Waals surface area (Å²) in [7, 11) is 3.04. The van der Waals surface area contributed by atoms with E-state index < -0.39 is 11.5 Å². The molecule has 1 N–H and O–H groups in total. The van der Waals surface area contributed by atoms with E-state index in [1.54, 1.807) is 49.6 Å². The number of ether oxygens (including phenoxy) is 1. The monoisotopic (exact) mass is 417 g/mol. The van der Waals surface area contributed by atoms with Crippen LogP contribution in [0, 0.1) is 0 Å². The molecule has 1 aromatic heterocycles. The zero-order chi connectivity index (χ0) is 20.3. The van der Waals surface area contributed by atoms with E-state index in [1.807, 2.05) is 0 Å². The highest BCUT2D eigenvalue weighted by Crippen LogP contribution is 2.23. The number of benzene rings is 2. The van der Waals surface area contributed by atoms with Gasteiger partial charge in [0.25, 0.3) is 11.5 Å². The molecule has 1 heterocycles. The van der Waals surface area contributed by atoms with Crippen LogP contribution in [0.2, 0.25) is 10.0 Å². The Kier molecular flexibility index (Phi) is 6.02. The van der Waals surface area contributed by atoms with Gasteiger partial charge in [-0.3, -0.25) is 9.59 Å². The van der Waals surface area contributed by atoms with Crippen molar-refractivity contribution in [3.05, 3.63) is 80.1 Å². The lowest BCUT2D eigenvalue weighted by atomic mass is 10.1. The van der Waals surface area contributed by atoms with Crippen molar-refractivity contribution in [1.82, 2.24) is 15.1 Å². The van der Waals surface area contributed by atoms with Crippen LogP contribution in [0.4, 0.5) is 0 Å². The summed E-state index contributed by atoms with van der Waals surface area (Å²) in [6.07, 6.45) is 0. The molecule has 0 bridgehead atoms. The lowest BCUT2D eigenvalue weighted by molar-refractivity contribution is 0.0960. The molecule has 0 aliphatic carbocycles. The van der Waals surface area contributed by atoms with Crippen molar-refractivity contribution in [2.75, 3.05) is 14.2 Å². The molecule has 0 saturated carbocycles. The number of amides is 1. The van der Waals surface area contributed by atoms with Gasteiger partial charge in [0.1, 0.15) is 11.3 Å². The molecule has 0 aliphatic rings. The molecule has 0 aliphatic heterocycles. The van der Waals surface area contributed by atoms with Gasteiger partial charge in [0.2, 0.25) is 0 Å². The van der Waals surface area contributed by atoms with Crippen molar-refractivity contribution in [2.45, 2.75) is 6.54 Å². The third-order valence-electron chi connectivity index (χ3n) is 4.17. The summed E-state index contributed by atoms with van der Waals surface area (Å²) in [6.45, 7) is 0.100. The first-order valence-corrected chi connectivity index (χ1v) is 9.11. The lowest BCUT2D eigenvalue weighted by Gasteiger charge is -2.12. The predicted octanol–water partition coefficient (Wildman–Crippen LogP) is 3.63. The molecule has 0 fully saturated rings. The minimum atomic E-state index is -0.511. The van der Waals surface area contributed by atoms with Gasteiger partial charge in [-0.25, -0.2) is 4.68 Å². The van der Waals surface area contributed by atoms with Gasteiger partial charge in [-0.1, -0.05) is 29.3 Å². The van der Waals surface area contributed by atoms with Crippen LogP contribution < -0.4 is 15.6 Å². The minimum absolute atomic E-state index is 0.00611. The average molecular weight is 418 g/mol. The number of rotatable bonds is 5. The van der Waals surface area contributed by atoms with Crippen molar-refractivity contribution in [3.63, 3.8) is 0 Å². The van der Waals surface area contributed by atoms with Crippen LogP contribution in [-0.2, 0) is 6.54 Å². The smallest absolute Gasteiger partial charge is 0.279 e. The van der Waals surface area contributed by atoms with Crippen LogP contribution in [-0.4, -0.2) is 29.8 Å². The van der Waals surface area contributed by atoms with Gasteiger partial charge in [-0.05, 0) is 48.0 Å². The van der Waals surface area contributed by atoms with Crippen LogP contribution in [0.15, 0.2) is 53.3 Å². The number of halogens is 2. The highest BCUT2D eigenvalue weighted by atomic mass is 35.5. The van der Waals surface area contributed by atoms with Gasteiger partial charge in [0, 0.05) is 22.7 Å². The van der Waals surface area contributed by atoms with Crippen LogP contribution in [0.25, 0.3) is 11.3 Å². The van der Waals surface area contributed by atoms with Gasteiger partial charge in [-0.2, -0.15) is 5.10 Å². The summed E-state index contributed by atoms with van der Waals surface area (Å²) in [5, 5.41) is 7.82. The predicted molar refractivity (Wildman–Crippen MR) is 109 cm³/mol. The number of nitrogens with one attached hydrogen (secondary N) is 1. The van der Waals surface area contributed by atoms with Crippen LogP contribution >= 0.6 is 23.2 Å². The van der Waals surface area contributed by atoms with E-state index in [9.17, 15) is 9.59 Å². The van der Waals surface area contributed by atoms with Gasteiger partial charge in [-0.15, -0.1) is 0 Å². The Morgan fingerprint density at radius 3 is 2.46 bits per heavy atom. The topological polar surface area (TPSA) is 73.2 Å². The second kappa shape index (κ2) is 8.46. The molecule has 0 saturated heterocycles. The van der Waals surface area contributed by atoms with Crippen molar-refractivity contribution < 1.29 is 9.53 Å². The normalized spacial score (nSPS) is 10.6. The summed E-state index contributed by atoms with van der Waals surface area (Å²) in [4.78, 5) is 25.0. The summed E-state index contributed by atoms with van der Waals surface area (Å²) in [6, 6.07) is 13.6. The molecule has 144 valence electrons. The summed E-state index contributed by atoms with van der Waals surface area (Å²) < 4.78 is 6.39. The Labute approximate surface area is 171 Å². The van der Waals surface area contributed by atoms with Crippen molar-refractivity contribution in [1.29, 1.82) is 0 Å². The highest BCUT2D eigenvalue weighted by Gasteiger charge is 2.16. The Bertz CT molecular complexity index is 1080. The van der Waals surface area contributed by atoms with E-state index in [1.165, 1.54) is 17.8 Å². The highest BCUT2D eigenvalue weighted by molar-refractivity contribution is 6.35. The fourth-order valence-corrected chi connectivity index (χ4v) is 3.13. The largest absolute Gasteiger partial charge is 0.497 e. The first kappa shape index (κ1) is 19.9. The Balaban J connectivity index is 2.12. The summed E-state index contributed by atoms with van der Waals surface area (Å²) in [5.41, 5.74) is 1.36. The fourth-order valence-electron chi connectivity index (χ4n) is 2.66. The minimum Gasteiger partial charge on any atom is -0.497 e. The number of carbonyl (C=O) groups is 1. The van der Waals surface area contributed by atoms with E-state index in [-0.39, 0.29) is 12.1 Å². The zero-order valence-corrected chi connectivity index (χ0v) is 16.7. The van der Waals surface area contributed by atoms with E-state index in [0.29, 0.717) is 27.1 Å². The molecule has 0 spiro atoms. The second-order valence-electron chi connectivity index (χ2n) is 5.95. The maximum absolute atomic E-state index is 12.8. The van der Waals surface area contributed by atoms with Gasteiger partial charge < -0.3 is 10.1 Å². The fraction of sp³-hybridized carbons (Fsp3) is 0.150. The number of aromatic nitrogens is 2. The number of hydrogen-bond acceptors (Lipinski definition) is 4. The number of hydrogen-bond donors (Lipinski definition) is 1. The molecule has 0 unspecified atom stereocenters. The van der Waals surface area contributed by atoms with Gasteiger partial charge in [0.05, 0.1) is 19.3 Å². The SMILES string of the molecule is CNC(=O)c1cc(-c2ccc(OC)cc2)nn(Cc2ccc(Cl)cc2Cl)c1=O. The molecular formula is C20H17Cl2N3O3. The number of nitrogens with zero attached hydrogens (tertiary/aromatic N) is 2. The second-order valence-corrected chi connectivity index (χ2v) is 6.79. The molecule has 1 amide bonds. The molecule has 3 aromatic rings. The maximum atomic E-state index is 12.8. The standard InChI is InChI=1S/C20H17Cl2N3O3/c1-23-19(26)16-10-18(12-4-7-15(28-2)8-5-12)24-25(20(16)27)11-13-3-6-14(21)9-17(13)22/h3-10H,11H2,1-2H3,(H,23,26). The Hall–Kier alpha value is -2.83. The van der Waals surface area contributed by atoms with Gasteiger partial charge in [0.15, 0.2) is 0 Å². The Morgan fingerprint density at radius 1 is 1.14 bits per heavy atom. The first-order chi connectivity index (χ1) is 13.4. The van der Waals surface area contributed by atoms with Crippen molar-refractivity contribution >= 4 is 29.1 Å². The van der Waals surface area contributed by atoms with E-state index in [2.05, 4.69) is 10.4 Å². The molecule has 6 nitrogen and oxygen atoms in total. The number of carbonyl (C=O) groups excluding carboxylic acids is 1. The first-order valence-electron chi connectivity index (χ1n) is 8.35. The molecule has 2 aromatic carbocycles. The van der Waals surface area contributed by atoms with Crippen molar-refractivity contribution in [3.8, 4) is 17.0 Å². The third-order valence-corrected chi connectivity index (χ3v) is 4.75. The third kappa shape index (κ3) is 4.18. The molecule has 8 heteroatoms. The van der Waals surface area contributed by atoms with Crippen LogP contribution in [0.5, 0.6) is 5.75 Å². The summed E-state index contributed by atoms with van der Waals surface area (Å²) in [5.74, 6) is 0.203. The van der Waals surface area contributed by atoms with Gasteiger partial charge >= 0.3 is 0 Å². The maximum Gasteiger partial charge on any atom is 0.279 e. The lowest BCUT2D eigenvalue weighted by Crippen LogP contribution is -2.33.